The quantitative estimate of drug-likeness (QED) is 0.637. The molecule has 0 fully saturated rings. The first-order valence-corrected chi connectivity index (χ1v) is 8.41. The van der Waals surface area contributed by atoms with E-state index < -0.39 is 12.3 Å². The lowest BCUT2D eigenvalue weighted by Gasteiger charge is -2.19. The maximum absolute atomic E-state index is 11.5. The van der Waals surface area contributed by atoms with Crippen LogP contribution < -0.4 is 10.1 Å². The van der Waals surface area contributed by atoms with Crippen LogP contribution in [0.4, 0.5) is 0 Å². The number of hydrogen-bond donors (Lipinski definition) is 0. The van der Waals surface area contributed by atoms with E-state index in [2.05, 4.69) is 0 Å². The molecule has 7 heteroatoms. The molecule has 0 spiro atoms. The van der Waals surface area contributed by atoms with Crippen molar-refractivity contribution in [1.29, 1.82) is 0 Å². The van der Waals surface area contributed by atoms with Crippen molar-refractivity contribution in [2.75, 3.05) is 14.2 Å². The van der Waals surface area contributed by atoms with Gasteiger partial charge in [0.2, 0.25) is 0 Å². The summed E-state index contributed by atoms with van der Waals surface area (Å²) < 4.78 is 21.1. The average Bonchev–Trinajstić information content (AvgIpc) is 2.42. The van der Waals surface area contributed by atoms with Crippen molar-refractivity contribution < 1.29 is 18.0 Å². The second-order valence-corrected chi connectivity index (χ2v) is 7.37. The molecule has 1 aromatic carbocycles. The predicted molar refractivity (Wildman–Crippen MR) is 80.9 cm³/mol. The van der Waals surface area contributed by atoms with Crippen molar-refractivity contribution in [3.05, 3.63) is 39.7 Å². The average molecular weight is 314 g/mol. The van der Waals surface area contributed by atoms with Crippen LogP contribution in [0, 0.1) is 13.8 Å². The molecule has 0 amide bonds. The molecule has 2 rings (SSSR count). The Labute approximate surface area is 121 Å². The molecule has 0 unspecified atom stereocenters. The number of rotatable bonds is 4. The van der Waals surface area contributed by atoms with Gasteiger partial charge in [0.15, 0.2) is 0 Å². The van der Waals surface area contributed by atoms with Gasteiger partial charge < -0.3 is 18.0 Å². The molecular formula is C13H15O5PS. The molecule has 0 N–H and O–H groups in total. The van der Waals surface area contributed by atoms with Gasteiger partial charge in [0.1, 0.15) is 11.3 Å². The SMILES string of the molecule is COP(=S)(OC)Oc1ccc2c(C)cc(=O)oc2c1C. The molecule has 0 radical (unpaired) electrons. The predicted octanol–water partition coefficient (Wildman–Crippen LogP) is 3.31. The Morgan fingerprint density at radius 2 is 1.85 bits per heavy atom. The zero-order valence-corrected chi connectivity index (χ0v) is 13.3. The lowest BCUT2D eigenvalue weighted by molar-refractivity contribution is 0.272. The molecule has 0 bridgehead atoms. The zero-order chi connectivity index (χ0) is 14.9. The normalized spacial score (nSPS) is 11.8. The summed E-state index contributed by atoms with van der Waals surface area (Å²) >= 11 is 5.17. The largest absolute Gasteiger partial charge is 0.424 e. The molecule has 0 saturated carbocycles. The molecule has 20 heavy (non-hydrogen) atoms. The molecule has 0 aliphatic rings. The summed E-state index contributed by atoms with van der Waals surface area (Å²) in [6.07, 6.45) is 0. The number of hydrogen-bond acceptors (Lipinski definition) is 6. The van der Waals surface area contributed by atoms with Crippen LogP contribution in [-0.2, 0) is 20.9 Å². The second-order valence-electron chi connectivity index (χ2n) is 4.22. The smallest absolute Gasteiger partial charge is 0.380 e. The first kappa shape index (κ1) is 15.2. The number of benzene rings is 1. The molecule has 0 atom stereocenters. The van der Waals surface area contributed by atoms with E-state index >= 15 is 0 Å². The number of fused-ring (bicyclic) bond motifs is 1. The Kier molecular flexibility index (Phi) is 4.30. The van der Waals surface area contributed by atoms with Gasteiger partial charge in [0, 0.05) is 43.0 Å². The van der Waals surface area contributed by atoms with Crippen LogP contribution in [0.5, 0.6) is 5.75 Å². The van der Waals surface area contributed by atoms with E-state index in [1.165, 1.54) is 20.3 Å². The lowest BCUT2D eigenvalue weighted by atomic mass is 10.1. The van der Waals surface area contributed by atoms with Crippen molar-refractivity contribution >= 4 is 29.5 Å². The van der Waals surface area contributed by atoms with Gasteiger partial charge >= 0.3 is 12.3 Å². The van der Waals surface area contributed by atoms with Gasteiger partial charge in [-0.25, -0.2) is 4.79 Å². The van der Waals surface area contributed by atoms with Crippen LogP contribution in [0.3, 0.4) is 0 Å². The topological polar surface area (TPSA) is 57.9 Å². The van der Waals surface area contributed by atoms with Crippen molar-refractivity contribution in [2.45, 2.75) is 13.8 Å². The Balaban J connectivity index is 2.60. The van der Waals surface area contributed by atoms with E-state index in [-0.39, 0.29) is 0 Å². The molecule has 0 saturated heterocycles. The first-order valence-electron chi connectivity index (χ1n) is 5.85. The van der Waals surface area contributed by atoms with Crippen molar-refractivity contribution in [3.8, 4) is 5.75 Å². The minimum absolute atomic E-state index is 0.395. The van der Waals surface area contributed by atoms with Crippen LogP contribution in [0.25, 0.3) is 11.0 Å². The van der Waals surface area contributed by atoms with Crippen LogP contribution in [-0.4, -0.2) is 14.2 Å². The van der Waals surface area contributed by atoms with Crippen molar-refractivity contribution in [2.24, 2.45) is 0 Å². The summed E-state index contributed by atoms with van der Waals surface area (Å²) in [5.41, 5.74) is 1.63. The minimum Gasteiger partial charge on any atom is -0.424 e. The lowest BCUT2D eigenvalue weighted by Crippen LogP contribution is -2.01. The van der Waals surface area contributed by atoms with Crippen molar-refractivity contribution in [3.63, 3.8) is 0 Å². The van der Waals surface area contributed by atoms with E-state index in [0.717, 1.165) is 10.9 Å². The molecule has 2 aromatic rings. The van der Waals surface area contributed by atoms with Gasteiger partial charge in [-0.3, -0.25) is 0 Å². The third-order valence-corrected chi connectivity index (χ3v) is 5.41. The molecule has 5 nitrogen and oxygen atoms in total. The zero-order valence-electron chi connectivity index (χ0n) is 11.6. The maximum Gasteiger partial charge on any atom is 0.380 e. The monoisotopic (exact) mass is 314 g/mol. The molecule has 0 aliphatic carbocycles. The van der Waals surface area contributed by atoms with Gasteiger partial charge in [0.05, 0.1) is 0 Å². The fraction of sp³-hybridized carbons (Fsp3) is 0.308. The highest BCUT2D eigenvalue weighted by Gasteiger charge is 2.21. The summed E-state index contributed by atoms with van der Waals surface area (Å²) in [6.45, 7) is 0.834. The molecule has 1 aromatic heterocycles. The highest BCUT2D eigenvalue weighted by Crippen LogP contribution is 2.49. The van der Waals surface area contributed by atoms with E-state index in [4.69, 9.17) is 29.8 Å². The maximum atomic E-state index is 11.5. The van der Waals surface area contributed by atoms with Crippen LogP contribution in [0.1, 0.15) is 11.1 Å². The Morgan fingerprint density at radius 1 is 1.20 bits per heavy atom. The highest BCUT2D eigenvalue weighted by atomic mass is 32.5. The summed E-state index contributed by atoms with van der Waals surface area (Å²) in [6, 6.07) is 5.04. The van der Waals surface area contributed by atoms with Crippen molar-refractivity contribution in [1.82, 2.24) is 0 Å². The Morgan fingerprint density at radius 3 is 2.45 bits per heavy atom. The van der Waals surface area contributed by atoms with E-state index in [9.17, 15) is 4.79 Å². The van der Waals surface area contributed by atoms with Gasteiger partial charge in [-0.05, 0) is 31.5 Å². The molecule has 0 aliphatic heterocycles. The van der Waals surface area contributed by atoms with E-state index in [1.54, 1.807) is 13.0 Å². The number of aryl methyl sites for hydroxylation is 2. The summed E-state index contributed by atoms with van der Waals surface area (Å²) in [4.78, 5) is 11.5. The summed E-state index contributed by atoms with van der Waals surface area (Å²) in [7, 11) is 2.87. The third kappa shape index (κ3) is 2.79. The van der Waals surface area contributed by atoms with E-state index in [0.29, 0.717) is 16.9 Å². The Hall–Kier alpha value is -1.20. The fourth-order valence-corrected chi connectivity index (χ4v) is 2.85. The van der Waals surface area contributed by atoms with Crippen LogP contribution in [0.2, 0.25) is 0 Å². The summed E-state index contributed by atoms with van der Waals surface area (Å²) in [5, 5.41) is 0.859. The van der Waals surface area contributed by atoms with Gasteiger partial charge in [-0.2, -0.15) is 0 Å². The third-order valence-electron chi connectivity index (χ3n) is 2.98. The van der Waals surface area contributed by atoms with Gasteiger partial charge in [-0.1, -0.05) is 0 Å². The van der Waals surface area contributed by atoms with Gasteiger partial charge in [0.25, 0.3) is 0 Å². The highest BCUT2D eigenvalue weighted by molar-refractivity contribution is 8.07. The Bertz CT molecular complexity index is 744. The first-order chi connectivity index (χ1) is 9.40. The standard InChI is InChI=1S/C13H15O5PS/c1-8-7-12(14)17-13-9(2)11(6-5-10(8)13)18-19(20,15-3)16-4/h5-7H,1-4H3. The summed E-state index contributed by atoms with van der Waals surface area (Å²) in [5.74, 6) is 0.485. The van der Waals surface area contributed by atoms with Crippen LogP contribution >= 0.6 is 6.72 Å². The van der Waals surface area contributed by atoms with Crippen LogP contribution in [0.15, 0.2) is 27.4 Å². The molecule has 1 heterocycles. The van der Waals surface area contributed by atoms with E-state index in [1.807, 2.05) is 13.0 Å². The van der Waals surface area contributed by atoms with Gasteiger partial charge in [-0.15, -0.1) is 0 Å². The fourth-order valence-electron chi connectivity index (χ4n) is 1.87. The molecular weight excluding hydrogens is 299 g/mol. The molecule has 108 valence electrons. The second kappa shape index (κ2) is 5.66. The minimum atomic E-state index is -2.82.